The summed E-state index contributed by atoms with van der Waals surface area (Å²) in [4.78, 5) is 24.6. The summed E-state index contributed by atoms with van der Waals surface area (Å²) in [5, 5.41) is 3.26. The van der Waals surface area contributed by atoms with Crippen molar-refractivity contribution in [2.24, 2.45) is 0 Å². The van der Waals surface area contributed by atoms with Crippen molar-refractivity contribution in [1.29, 1.82) is 0 Å². The van der Waals surface area contributed by atoms with E-state index in [2.05, 4.69) is 15.3 Å². The fourth-order valence-electron chi connectivity index (χ4n) is 2.80. The highest BCUT2D eigenvalue weighted by Gasteiger charge is 2.26. The molecule has 0 bridgehead atoms. The maximum absolute atomic E-state index is 12.1. The van der Waals surface area contributed by atoms with E-state index in [1.807, 2.05) is 55.6 Å². The summed E-state index contributed by atoms with van der Waals surface area (Å²) in [5.74, 6) is 0.677. The molecule has 0 radical (unpaired) electrons. The Bertz CT molecular complexity index is 911. The summed E-state index contributed by atoms with van der Waals surface area (Å²) in [5.41, 5.74) is 3.46. The Morgan fingerprint density at radius 3 is 2.67 bits per heavy atom. The standard InChI is InChI=1S/C18H17N5O/c1-22-9-10-23(18(22)24)14-6-4-5-13(11-14)20-17-12-19-15-7-2-3-8-16(15)21-17/h2-8,11-12H,9-10H2,1H3,(H,20,21). The molecule has 1 N–H and O–H groups in total. The van der Waals surface area contributed by atoms with Gasteiger partial charge in [0.2, 0.25) is 0 Å². The van der Waals surface area contributed by atoms with Gasteiger partial charge in [0, 0.05) is 31.5 Å². The van der Waals surface area contributed by atoms with Crippen LogP contribution in [0.5, 0.6) is 0 Å². The summed E-state index contributed by atoms with van der Waals surface area (Å²) >= 11 is 0. The van der Waals surface area contributed by atoms with E-state index in [0.717, 1.165) is 29.0 Å². The molecule has 0 atom stereocenters. The number of benzene rings is 2. The number of para-hydroxylation sites is 2. The van der Waals surface area contributed by atoms with Crippen molar-refractivity contribution in [2.45, 2.75) is 0 Å². The molecule has 6 heteroatoms. The third kappa shape index (κ3) is 2.62. The first-order chi connectivity index (χ1) is 11.7. The molecule has 1 aliphatic rings. The molecule has 2 amide bonds. The number of urea groups is 1. The maximum atomic E-state index is 12.1. The first-order valence-corrected chi connectivity index (χ1v) is 7.82. The Kier molecular flexibility index (Phi) is 3.49. The second kappa shape index (κ2) is 5.81. The predicted molar refractivity (Wildman–Crippen MR) is 94.6 cm³/mol. The smallest absolute Gasteiger partial charge is 0.324 e. The van der Waals surface area contributed by atoms with Gasteiger partial charge in [-0.05, 0) is 30.3 Å². The van der Waals surface area contributed by atoms with E-state index in [-0.39, 0.29) is 6.03 Å². The quantitative estimate of drug-likeness (QED) is 0.805. The third-order valence-electron chi connectivity index (χ3n) is 4.10. The number of hydrogen-bond donors (Lipinski definition) is 1. The van der Waals surface area contributed by atoms with E-state index in [0.29, 0.717) is 12.4 Å². The molecular formula is C18H17N5O. The fraction of sp³-hybridized carbons (Fsp3) is 0.167. The minimum atomic E-state index is 0.0256. The van der Waals surface area contributed by atoms with Gasteiger partial charge in [0.25, 0.3) is 0 Å². The predicted octanol–water partition coefficient (Wildman–Crippen LogP) is 3.25. The SMILES string of the molecule is CN1CCN(c2cccc(Nc3cnc4ccccc4n3)c2)C1=O. The minimum Gasteiger partial charge on any atom is -0.339 e. The summed E-state index contributed by atoms with van der Waals surface area (Å²) in [6.07, 6.45) is 1.71. The number of nitrogens with zero attached hydrogens (tertiary/aromatic N) is 4. The first-order valence-electron chi connectivity index (χ1n) is 7.82. The average Bonchev–Trinajstić information content (AvgIpc) is 2.94. The Morgan fingerprint density at radius 2 is 1.88 bits per heavy atom. The van der Waals surface area contributed by atoms with Gasteiger partial charge in [-0.1, -0.05) is 18.2 Å². The Hall–Kier alpha value is -3.15. The minimum absolute atomic E-state index is 0.0256. The van der Waals surface area contributed by atoms with Gasteiger partial charge in [-0.15, -0.1) is 0 Å². The van der Waals surface area contributed by atoms with Crippen LogP contribution in [0.15, 0.2) is 54.7 Å². The third-order valence-corrected chi connectivity index (χ3v) is 4.10. The number of likely N-dealkylation sites (N-methyl/N-ethyl adjacent to an activating group) is 1. The highest BCUT2D eigenvalue weighted by molar-refractivity contribution is 5.94. The Labute approximate surface area is 139 Å². The van der Waals surface area contributed by atoms with Gasteiger partial charge in [0.05, 0.1) is 17.2 Å². The van der Waals surface area contributed by atoms with E-state index < -0.39 is 0 Å². The van der Waals surface area contributed by atoms with Crippen LogP contribution in [0.2, 0.25) is 0 Å². The molecule has 0 saturated carbocycles. The largest absolute Gasteiger partial charge is 0.339 e. The summed E-state index contributed by atoms with van der Waals surface area (Å²) in [6.45, 7) is 1.45. The number of aromatic nitrogens is 2. The van der Waals surface area contributed by atoms with Gasteiger partial charge in [-0.2, -0.15) is 0 Å². The van der Waals surface area contributed by atoms with Crippen LogP contribution in [-0.4, -0.2) is 41.0 Å². The second-order valence-electron chi connectivity index (χ2n) is 5.78. The molecule has 120 valence electrons. The van der Waals surface area contributed by atoms with Crippen LogP contribution in [0, 0.1) is 0 Å². The number of carbonyl (C=O) groups excluding carboxylic acids is 1. The number of amides is 2. The molecule has 2 heterocycles. The molecule has 0 spiro atoms. The van der Waals surface area contributed by atoms with Crippen molar-refractivity contribution < 1.29 is 4.79 Å². The van der Waals surface area contributed by atoms with Gasteiger partial charge >= 0.3 is 6.03 Å². The topological polar surface area (TPSA) is 61.4 Å². The molecule has 0 unspecified atom stereocenters. The van der Waals surface area contributed by atoms with Gasteiger partial charge in [0.15, 0.2) is 0 Å². The highest BCUT2D eigenvalue weighted by Crippen LogP contribution is 2.25. The van der Waals surface area contributed by atoms with Crippen LogP contribution in [0.4, 0.5) is 22.0 Å². The summed E-state index contributed by atoms with van der Waals surface area (Å²) in [6, 6.07) is 15.5. The lowest BCUT2D eigenvalue weighted by molar-refractivity contribution is 0.229. The molecule has 1 aliphatic heterocycles. The van der Waals surface area contributed by atoms with Gasteiger partial charge in [-0.25, -0.2) is 9.78 Å². The average molecular weight is 319 g/mol. The number of hydrogen-bond acceptors (Lipinski definition) is 4. The zero-order valence-corrected chi connectivity index (χ0v) is 13.3. The lowest BCUT2D eigenvalue weighted by atomic mass is 10.2. The van der Waals surface area contributed by atoms with Crippen molar-refractivity contribution in [3.63, 3.8) is 0 Å². The lowest BCUT2D eigenvalue weighted by Gasteiger charge is -2.17. The van der Waals surface area contributed by atoms with Crippen LogP contribution in [0.1, 0.15) is 0 Å². The number of fused-ring (bicyclic) bond motifs is 1. The van der Waals surface area contributed by atoms with Gasteiger partial charge in [0.1, 0.15) is 5.82 Å². The molecule has 3 aromatic rings. The molecule has 2 aromatic carbocycles. The van der Waals surface area contributed by atoms with E-state index in [4.69, 9.17) is 0 Å². The second-order valence-corrected chi connectivity index (χ2v) is 5.78. The molecule has 1 saturated heterocycles. The number of rotatable bonds is 3. The molecule has 0 aliphatic carbocycles. The lowest BCUT2D eigenvalue weighted by Crippen LogP contribution is -2.29. The van der Waals surface area contributed by atoms with Crippen LogP contribution in [0.25, 0.3) is 11.0 Å². The highest BCUT2D eigenvalue weighted by atomic mass is 16.2. The normalized spacial score (nSPS) is 14.5. The molecule has 6 nitrogen and oxygen atoms in total. The molecule has 1 aromatic heterocycles. The van der Waals surface area contributed by atoms with E-state index in [1.165, 1.54) is 0 Å². The van der Waals surface area contributed by atoms with Crippen molar-refractivity contribution in [3.8, 4) is 0 Å². The van der Waals surface area contributed by atoms with E-state index >= 15 is 0 Å². The number of anilines is 3. The van der Waals surface area contributed by atoms with E-state index in [9.17, 15) is 4.79 Å². The molecule has 1 fully saturated rings. The van der Waals surface area contributed by atoms with Gasteiger partial charge in [-0.3, -0.25) is 9.88 Å². The summed E-state index contributed by atoms with van der Waals surface area (Å²) in [7, 11) is 1.81. The zero-order chi connectivity index (χ0) is 16.5. The molecule has 4 rings (SSSR count). The van der Waals surface area contributed by atoms with Crippen LogP contribution in [-0.2, 0) is 0 Å². The van der Waals surface area contributed by atoms with Crippen molar-refractivity contribution >= 4 is 34.3 Å². The first kappa shape index (κ1) is 14.4. The Morgan fingerprint density at radius 1 is 1.04 bits per heavy atom. The van der Waals surface area contributed by atoms with Crippen molar-refractivity contribution in [3.05, 3.63) is 54.7 Å². The Balaban J connectivity index is 1.60. The molecule has 24 heavy (non-hydrogen) atoms. The monoisotopic (exact) mass is 319 g/mol. The molecular weight excluding hydrogens is 302 g/mol. The van der Waals surface area contributed by atoms with Crippen LogP contribution >= 0.6 is 0 Å². The van der Waals surface area contributed by atoms with Crippen molar-refractivity contribution in [2.75, 3.05) is 30.4 Å². The van der Waals surface area contributed by atoms with Crippen molar-refractivity contribution in [1.82, 2.24) is 14.9 Å². The van der Waals surface area contributed by atoms with E-state index in [1.54, 1.807) is 16.0 Å². The number of carbonyl (C=O) groups is 1. The zero-order valence-electron chi connectivity index (χ0n) is 13.3. The van der Waals surface area contributed by atoms with Gasteiger partial charge < -0.3 is 10.2 Å². The summed E-state index contributed by atoms with van der Waals surface area (Å²) < 4.78 is 0. The van der Waals surface area contributed by atoms with Crippen LogP contribution in [0.3, 0.4) is 0 Å². The maximum Gasteiger partial charge on any atom is 0.324 e. The van der Waals surface area contributed by atoms with Crippen LogP contribution < -0.4 is 10.2 Å². The fourth-order valence-corrected chi connectivity index (χ4v) is 2.80. The number of nitrogens with one attached hydrogen (secondary N) is 1.